The van der Waals surface area contributed by atoms with E-state index in [1.807, 2.05) is 0 Å². The average Bonchev–Trinajstić information content (AvgIpc) is 1.98. The lowest BCUT2D eigenvalue weighted by Gasteiger charge is -2.47. The molecule has 1 saturated carbocycles. The Hall–Kier alpha value is 0.320. The Balaban J connectivity index is 2.41. The monoisotopic (exact) mass is 226 g/mol. The van der Waals surface area contributed by atoms with Crippen molar-refractivity contribution in [3.8, 4) is 0 Å². The SMILES string of the molecule is OC1(O)CC[C@]1(O)OCCBr. The zero-order chi connectivity index (χ0) is 8.54. The van der Waals surface area contributed by atoms with Crippen molar-refractivity contribution in [2.75, 3.05) is 11.9 Å². The van der Waals surface area contributed by atoms with Gasteiger partial charge in [0, 0.05) is 18.2 Å². The molecular weight excluding hydrogens is 216 g/mol. The number of halogens is 1. The highest BCUT2D eigenvalue weighted by atomic mass is 79.9. The molecule has 0 bridgehead atoms. The van der Waals surface area contributed by atoms with Crippen LogP contribution in [0.15, 0.2) is 0 Å². The maximum absolute atomic E-state index is 9.33. The summed E-state index contributed by atoms with van der Waals surface area (Å²) in [5.74, 6) is -3.81. The first-order valence-electron chi connectivity index (χ1n) is 3.39. The van der Waals surface area contributed by atoms with Crippen LogP contribution >= 0.6 is 15.9 Å². The number of ether oxygens (including phenoxy) is 1. The standard InChI is InChI=1S/C6H11BrO4/c7-3-4-11-6(10)2-1-5(6,8)9/h8-10H,1-4H2/t6-/m0/s1. The summed E-state index contributed by atoms with van der Waals surface area (Å²) in [7, 11) is 0. The Bertz CT molecular complexity index is 150. The fourth-order valence-electron chi connectivity index (χ4n) is 0.958. The highest BCUT2D eigenvalue weighted by molar-refractivity contribution is 9.09. The molecule has 0 aromatic rings. The second kappa shape index (κ2) is 2.99. The van der Waals surface area contributed by atoms with Gasteiger partial charge in [-0.3, -0.25) is 0 Å². The summed E-state index contributed by atoms with van der Waals surface area (Å²) < 4.78 is 4.84. The van der Waals surface area contributed by atoms with Crippen molar-refractivity contribution >= 4 is 15.9 Å². The second-order valence-electron chi connectivity index (χ2n) is 2.64. The summed E-state index contributed by atoms with van der Waals surface area (Å²) in [4.78, 5) is 0. The Labute approximate surface area is 72.9 Å². The maximum atomic E-state index is 9.33. The summed E-state index contributed by atoms with van der Waals surface area (Å²) >= 11 is 3.09. The molecule has 0 aliphatic heterocycles. The fraction of sp³-hybridized carbons (Fsp3) is 1.00. The topological polar surface area (TPSA) is 69.9 Å². The normalized spacial score (nSPS) is 34.9. The molecule has 1 atom stereocenters. The molecule has 0 spiro atoms. The van der Waals surface area contributed by atoms with E-state index in [1.54, 1.807) is 0 Å². The van der Waals surface area contributed by atoms with Gasteiger partial charge in [-0.05, 0) is 0 Å². The van der Waals surface area contributed by atoms with Crippen LogP contribution in [0.2, 0.25) is 0 Å². The van der Waals surface area contributed by atoms with Crippen molar-refractivity contribution in [1.29, 1.82) is 0 Å². The first kappa shape index (κ1) is 9.41. The Kier molecular flexibility index (Phi) is 2.56. The van der Waals surface area contributed by atoms with Gasteiger partial charge >= 0.3 is 0 Å². The van der Waals surface area contributed by atoms with E-state index in [9.17, 15) is 5.11 Å². The van der Waals surface area contributed by atoms with E-state index >= 15 is 0 Å². The molecular formula is C6H11BrO4. The van der Waals surface area contributed by atoms with Gasteiger partial charge in [0.25, 0.3) is 0 Å². The molecule has 0 saturated heterocycles. The van der Waals surface area contributed by atoms with Crippen molar-refractivity contribution in [2.45, 2.75) is 24.4 Å². The highest BCUT2D eigenvalue weighted by Gasteiger charge is 2.58. The van der Waals surface area contributed by atoms with Crippen LogP contribution in [-0.2, 0) is 4.74 Å². The number of hydrogen-bond acceptors (Lipinski definition) is 4. The van der Waals surface area contributed by atoms with Crippen LogP contribution in [0.1, 0.15) is 12.8 Å². The number of aliphatic hydroxyl groups is 3. The van der Waals surface area contributed by atoms with E-state index in [0.29, 0.717) is 5.33 Å². The largest absolute Gasteiger partial charge is 0.361 e. The molecule has 1 aliphatic carbocycles. The molecule has 11 heavy (non-hydrogen) atoms. The first-order chi connectivity index (χ1) is 5.02. The zero-order valence-electron chi connectivity index (χ0n) is 5.96. The molecule has 0 radical (unpaired) electrons. The van der Waals surface area contributed by atoms with E-state index in [0.717, 1.165) is 0 Å². The minimum atomic E-state index is -2.06. The molecule has 66 valence electrons. The van der Waals surface area contributed by atoms with E-state index in [-0.39, 0.29) is 19.4 Å². The van der Waals surface area contributed by atoms with Crippen molar-refractivity contribution in [2.24, 2.45) is 0 Å². The Morgan fingerprint density at radius 2 is 1.91 bits per heavy atom. The third-order valence-electron chi connectivity index (χ3n) is 1.86. The number of hydrogen-bond donors (Lipinski definition) is 3. The third-order valence-corrected chi connectivity index (χ3v) is 2.18. The lowest BCUT2D eigenvalue weighted by molar-refractivity contribution is -0.422. The molecule has 0 unspecified atom stereocenters. The quantitative estimate of drug-likeness (QED) is 0.451. The Morgan fingerprint density at radius 1 is 1.27 bits per heavy atom. The van der Waals surface area contributed by atoms with Crippen molar-refractivity contribution in [1.82, 2.24) is 0 Å². The highest BCUT2D eigenvalue weighted by Crippen LogP contribution is 2.41. The molecule has 0 aromatic heterocycles. The van der Waals surface area contributed by atoms with Crippen LogP contribution in [-0.4, -0.2) is 38.8 Å². The average molecular weight is 227 g/mol. The van der Waals surface area contributed by atoms with Gasteiger partial charge in [-0.2, -0.15) is 0 Å². The fourth-order valence-corrected chi connectivity index (χ4v) is 1.12. The lowest BCUT2D eigenvalue weighted by atomic mass is 9.83. The maximum Gasteiger partial charge on any atom is 0.221 e. The van der Waals surface area contributed by atoms with Crippen molar-refractivity contribution < 1.29 is 20.1 Å². The third kappa shape index (κ3) is 1.57. The van der Waals surface area contributed by atoms with Crippen molar-refractivity contribution in [3.05, 3.63) is 0 Å². The van der Waals surface area contributed by atoms with Crippen LogP contribution in [0.5, 0.6) is 0 Å². The van der Waals surface area contributed by atoms with Gasteiger partial charge in [-0.25, -0.2) is 0 Å². The van der Waals surface area contributed by atoms with E-state index in [1.165, 1.54) is 0 Å². The summed E-state index contributed by atoms with van der Waals surface area (Å²) in [5.41, 5.74) is 0. The van der Waals surface area contributed by atoms with E-state index < -0.39 is 11.6 Å². The predicted molar refractivity (Wildman–Crippen MR) is 41.1 cm³/mol. The van der Waals surface area contributed by atoms with Crippen LogP contribution in [0, 0.1) is 0 Å². The minimum absolute atomic E-state index is 0.159. The minimum Gasteiger partial charge on any atom is -0.361 e. The summed E-state index contributed by atoms with van der Waals surface area (Å²) in [6, 6.07) is 0. The Morgan fingerprint density at radius 3 is 2.18 bits per heavy atom. The molecule has 1 fully saturated rings. The van der Waals surface area contributed by atoms with Gasteiger partial charge in [0.2, 0.25) is 11.6 Å². The zero-order valence-corrected chi connectivity index (χ0v) is 7.54. The summed E-state index contributed by atoms with van der Waals surface area (Å²) in [6.45, 7) is 0.263. The van der Waals surface area contributed by atoms with Crippen LogP contribution in [0.25, 0.3) is 0 Å². The van der Waals surface area contributed by atoms with Crippen molar-refractivity contribution in [3.63, 3.8) is 0 Å². The smallest absolute Gasteiger partial charge is 0.221 e. The van der Waals surface area contributed by atoms with Gasteiger partial charge in [-0.15, -0.1) is 0 Å². The molecule has 4 nitrogen and oxygen atoms in total. The molecule has 0 heterocycles. The molecule has 0 aromatic carbocycles. The predicted octanol–water partition coefficient (Wildman–Crippen LogP) is -0.439. The lowest BCUT2D eigenvalue weighted by Crippen LogP contribution is -2.64. The molecule has 0 amide bonds. The van der Waals surface area contributed by atoms with E-state index in [2.05, 4.69) is 15.9 Å². The molecule has 5 heteroatoms. The summed E-state index contributed by atoms with van der Waals surface area (Å²) in [5, 5.41) is 27.9. The second-order valence-corrected chi connectivity index (χ2v) is 3.43. The summed E-state index contributed by atoms with van der Waals surface area (Å²) in [6.07, 6.45) is 0.429. The molecule has 1 rings (SSSR count). The van der Waals surface area contributed by atoms with Crippen LogP contribution < -0.4 is 0 Å². The van der Waals surface area contributed by atoms with Gasteiger partial charge in [0.15, 0.2) is 0 Å². The van der Waals surface area contributed by atoms with Crippen LogP contribution in [0.3, 0.4) is 0 Å². The van der Waals surface area contributed by atoms with Gasteiger partial charge < -0.3 is 20.1 Å². The first-order valence-corrected chi connectivity index (χ1v) is 4.51. The van der Waals surface area contributed by atoms with Gasteiger partial charge in [-0.1, -0.05) is 15.9 Å². The van der Waals surface area contributed by atoms with Crippen LogP contribution in [0.4, 0.5) is 0 Å². The number of alkyl halides is 1. The van der Waals surface area contributed by atoms with Gasteiger partial charge in [0.1, 0.15) is 0 Å². The molecule has 1 aliphatic rings. The number of rotatable bonds is 3. The van der Waals surface area contributed by atoms with Gasteiger partial charge in [0.05, 0.1) is 6.61 Å². The van der Waals surface area contributed by atoms with E-state index in [4.69, 9.17) is 14.9 Å². The molecule has 3 N–H and O–H groups in total.